The van der Waals surface area contributed by atoms with Gasteiger partial charge < -0.3 is 10.2 Å². The van der Waals surface area contributed by atoms with Gasteiger partial charge in [-0.2, -0.15) is 0 Å². The van der Waals surface area contributed by atoms with Gasteiger partial charge in [0.2, 0.25) is 0 Å². The van der Waals surface area contributed by atoms with Crippen LogP contribution >= 0.6 is 11.3 Å². The van der Waals surface area contributed by atoms with Gasteiger partial charge >= 0.3 is 6.03 Å². The number of carbonyl (C=O) groups excluding carboxylic acids is 1. The van der Waals surface area contributed by atoms with Crippen LogP contribution in [0.25, 0.3) is 0 Å². The van der Waals surface area contributed by atoms with Crippen molar-refractivity contribution in [2.75, 3.05) is 13.1 Å². The quantitative estimate of drug-likeness (QED) is 0.763. The number of carbonyl (C=O) groups is 1. The summed E-state index contributed by atoms with van der Waals surface area (Å²) in [6, 6.07) is 7.10. The fraction of sp³-hybridized carbons (Fsp3) is 0.235. The lowest BCUT2D eigenvalue weighted by Gasteiger charge is -2.21. The van der Waals surface area contributed by atoms with Crippen molar-refractivity contribution >= 4 is 17.4 Å². The molecule has 0 aliphatic heterocycles. The van der Waals surface area contributed by atoms with Gasteiger partial charge in [-0.25, -0.2) is 13.6 Å². The molecule has 1 aromatic heterocycles. The number of nitrogens with zero attached hydrogens (tertiary/aromatic N) is 1. The maximum atomic E-state index is 13.5. The zero-order valence-corrected chi connectivity index (χ0v) is 13.4. The topological polar surface area (TPSA) is 32.3 Å². The third-order valence-electron chi connectivity index (χ3n) is 3.25. The average Bonchev–Trinajstić information content (AvgIpc) is 3.02. The largest absolute Gasteiger partial charge is 0.338 e. The van der Waals surface area contributed by atoms with E-state index in [4.69, 9.17) is 0 Å². The molecular weight excluding hydrogens is 318 g/mol. The highest BCUT2D eigenvalue weighted by atomic mass is 32.1. The molecule has 2 amide bonds. The number of urea groups is 1. The van der Waals surface area contributed by atoms with Gasteiger partial charge in [-0.3, -0.25) is 0 Å². The second-order valence-corrected chi connectivity index (χ2v) is 6.00. The van der Waals surface area contributed by atoms with Crippen LogP contribution < -0.4 is 5.32 Å². The molecule has 0 bridgehead atoms. The van der Waals surface area contributed by atoms with Crippen LogP contribution in [0.15, 0.2) is 48.4 Å². The molecular formula is C17H18F2N2OS. The van der Waals surface area contributed by atoms with Crippen LogP contribution in [0, 0.1) is 11.6 Å². The van der Waals surface area contributed by atoms with Gasteiger partial charge in [-0.15, -0.1) is 17.9 Å². The molecule has 0 aliphatic rings. The number of thiophene rings is 1. The number of hydrogen-bond acceptors (Lipinski definition) is 2. The molecule has 0 atom stereocenters. The molecule has 1 heterocycles. The fourth-order valence-corrected chi connectivity index (χ4v) is 2.83. The van der Waals surface area contributed by atoms with Gasteiger partial charge in [0.15, 0.2) is 0 Å². The summed E-state index contributed by atoms with van der Waals surface area (Å²) in [6.07, 6.45) is 1.96. The first kappa shape index (κ1) is 17.1. The number of nitrogens with one attached hydrogen (secondary N) is 1. The summed E-state index contributed by atoms with van der Waals surface area (Å²) in [5, 5.41) is 4.71. The van der Waals surface area contributed by atoms with E-state index in [1.165, 1.54) is 12.1 Å². The summed E-state index contributed by atoms with van der Waals surface area (Å²) in [4.78, 5) is 14.9. The molecule has 0 aliphatic carbocycles. The van der Waals surface area contributed by atoms with Gasteiger partial charge in [0, 0.05) is 24.0 Å². The lowest BCUT2D eigenvalue weighted by molar-refractivity contribution is 0.201. The van der Waals surface area contributed by atoms with E-state index in [9.17, 15) is 13.6 Å². The van der Waals surface area contributed by atoms with Crippen LogP contribution in [0.1, 0.15) is 10.4 Å². The molecule has 23 heavy (non-hydrogen) atoms. The van der Waals surface area contributed by atoms with E-state index in [1.807, 2.05) is 17.5 Å². The van der Waals surface area contributed by atoms with Gasteiger partial charge in [0.1, 0.15) is 11.6 Å². The highest BCUT2D eigenvalue weighted by molar-refractivity contribution is 7.09. The standard InChI is InChI=1S/C17H18F2N2OS/c1-2-9-21(12-15-4-3-10-23-15)17(22)20-8-7-13-5-6-14(18)11-16(13)19/h2-6,10-11H,1,7-9,12H2,(H,20,22). The van der Waals surface area contributed by atoms with E-state index in [2.05, 4.69) is 11.9 Å². The van der Waals surface area contributed by atoms with E-state index < -0.39 is 11.6 Å². The maximum absolute atomic E-state index is 13.5. The summed E-state index contributed by atoms with van der Waals surface area (Å²) < 4.78 is 26.4. The van der Waals surface area contributed by atoms with E-state index >= 15 is 0 Å². The molecule has 122 valence electrons. The number of rotatable bonds is 7. The molecule has 1 N–H and O–H groups in total. The van der Waals surface area contributed by atoms with E-state index in [1.54, 1.807) is 22.3 Å². The number of hydrogen-bond donors (Lipinski definition) is 1. The fourth-order valence-electron chi connectivity index (χ4n) is 2.11. The van der Waals surface area contributed by atoms with Crippen LogP contribution in [0.2, 0.25) is 0 Å². The minimum Gasteiger partial charge on any atom is -0.338 e. The van der Waals surface area contributed by atoms with Crippen LogP contribution in [-0.4, -0.2) is 24.0 Å². The maximum Gasteiger partial charge on any atom is 0.318 e. The molecule has 1 aromatic carbocycles. The Labute approximate surface area is 138 Å². The number of amides is 2. The first-order chi connectivity index (χ1) is 11.1. The van der Waals surface area contributed by atoms with E-state index in [0.717, 1.165) is 10.9 Å². The van der Waals surface area contributed by atoms with Crippen LogP contribution in [0.5, 0.6) is 0 Å². The van der Waals surface area contributed by atoms with Crippen LogP contribution in [0.4, 0.5) is 13.6 Å². The van der Waals surface area contributed by atoms with Crippen molar-refractivity contribution < 1.29 is 13.6 Å². The third-order valence-corrected chi connectivity index (χ3v) is 4.11. The zero-order chi connectivity index (χ0) is 16.7. The van der Waals surface area contributed by atoms with E-state index in [-0.39, 0.29) is 12.6 Å². The minimum absolute atomic E-state index is 0.235. The Bertz CT molecular complexity index is 659. The normalized spacial score (nSPS) is 10.3. The monoisotopic (exact) mass is 336 g/mol. The Morgan fingerprint density at radius 3 is 2.83 bits per heavy atom. The first-order valence-corrected chi connectivity index (χ1v) is 8.08. The molecule has 2 aromatic rings. The van der Waals surface area contributed by atoms with Gasteiger partial charge in [0.05, 0.1) is 6.54 Å². The van der Waals surface area contributed by atoms with Gasteiger partial charge in [0.25, 0.3) is 0 Å². The van der Waals surface area contributed by atoms with Crippen molar-refractivity contribution in [1.29, 1.82) is 0 Å². The van der Waals surface area contributed by atoms with Crippen molar-refractivity contribution in [2.24, 2.45) is 0 Å². The minimum atomic E-state index is -0.608. The lowest BCUT2D eigenvalue weighted by Crippen LogP contribution is -2.40. The number of halogens is 2. The van der Waals surface area contributed by atoms with Crippen molar-refractivity contribution in [3.63, 3.8) is 0 Å². The molecule has 0 saturated heterocycles. The Morgan fingerprint density at radius 1 is 1.35 bits per heavy atom. The lowest BCUT2D eigenvalue weighted by atomic mass is 10.1. The molecule has 0 spiro atoms. The second kappa shape index (κ2) is 8.43. The van der Waals surface area contributed by atoms with Crippen molar-refractivity contribution in [2.45, 2.75) is 13.0 Å². The molecule has 0 saturated carbocycles. The van der Waals surface area contributed by atoms with Crippen molar-refractivity contribution in [1.82, 2.24) is 10.2 Å². The third kappa shape index (κ3) is 5.17. The average molecular weight is 336 g/mol. The van der Waals surface area contributed by atoms with Gasteiger partial charge in [-0.05, 0) is 29.5 Å². The van der Waals surface area contributed by atoms with Gasteiger partial charge in [-0.1, -0.05) is 18.2 Å². The van der Waals surface area contributed by atoms with Crippen LogP contribution in [0.3, 0.4) is 0 Å². The molecule has 6 heteroatoms. The highest BCUT2D eigenvalue weighted by Gasteiger charge is 2.13. The number of benzene rings is 1. The van der Waals surface area contributed by atoms with Crippen molar-refractivity contribution in [3.8, 4) is 0 Å². The molecule has 2 rings (SSSR count). The predicted molar refractivity (Wildman–Crippen MR) is 88.4 cm³/mol. The molecule has 3 nitrogen and oxygen atoms in total. The Morgan fingerprint density at radius 2 is 2.17 bits per heavy atom. The Balaban J connectivity index is 1.87. The SMILES string of the molecule is C=CCN(Cc1cccs1)C(=O)NCCc1ccc(F)cc1F. The highest BCUT2D eigenvalue weighted by Crippen LogP contribution is 2.12. The smallest absolute Gasteiger partial charge is 0.318 e. The summed E-state index contributed by atoms with van der Waals surface area (Å²) in [5.74, 6) is -1.20. The molecule has 0 radical (unpaired) electrons. The Kier molecular flexibility index (Phi) is 6.29. The summed E-state index contributed by atoms with van der Waals surface area (Å²) in [6.45, 7) is 4.86. The zero-order valence-electron chi connectivity index (χ0n) is 12.6. The molecule has 0 fully saturated rings. The van der Waals surface area contributed by atoms with E-state index in [0.29, 0.717) is 25.1 Å². The predicted octanol–water partition coefficient (Wildman–Crippen LogP) is 3.97. The Hall–Kier alpha value is -2.21. The summed E-state index contributed by atoms with van der Waals surface area (Å²) >= 11 is 1.58. The second-order valence-electron chi connectivity index (χ2n) is 4.97. The summed E-state index contributed by atoms with van der Waals surface area (Å²) in [7, 11) is 0. The summed E-state index contributed by atoms with van der Waals surface area (Å²) in [5.41, 5.74) is 0.375. The van der Waals surface area contributed by atoms with Crippen LogP contribution in [-0.2, 0) is 13.0 Å². The molecule has 0 unspecified atom stereocenters. The van der Waals surface area contributed by atoms with Crippen molar-refractivity contribution in [3.05, 3.63) is 70.4 Å². The first-order valence-electron chi connectivity index (χ1n) is 7.20.